The van der Waals surface area contributed by atoms with Crippen molar-refractivity contribution in [1.82, 2.24) is 14.5 Å². The molecule has 32 heavy (non-hydrogen) atoms. The van der Waals surface area contributed by atoms with E-state index in [9.17, 15) is 4.79 Å². The van der Waals surface area contributed by atoms with Crippen molar-refractivity contribution in [3.63, 3.8) is 0 Å². The largest absolute Gasteiger partial charge is 0.465 e. The van der Waals surface area contributed by atoms with Gasteiger partial charge in [-0.05, 0) is 42.1 Å². The number of carbonyl (C=O) groups excluding carboxylic acids is 1. The average molecular weight is 446 g/mol. The third kappa shape index (κ3) is 4.87. The number of rotatable bonds is 8. The Balaban J connectivity index is 1.65. The third-order valence-corrected chi connectivity index (χ3v) is 6.41. The van der Waals surface area contributed by atoms with Gasteiger partial charge in [0, 0.05) is 12.3 Å². The molecule has 0 amide bonds. The molecule has 1 heterocycles. The lowest BCUT2D eigenvalue weighted by atomic mass is 10.0. The molecule has 0 aliphatic carbocycles. The Bertz CT molecular complexity index is 1230. The maximum Gasteiger partial charge on any atom is 0.338 e. The summed E-state index contributed by atoms with van der Waals surface area (Å²) in [5, 5.41) is 3.43. The SMILES string of the molecule is COC(=O)c1ccccc1CSc1ncc(CN(C)C)n1Cc1cccc2ccccc12. The van der Waals surface area contributed by atoms with Gasteiger partial charge in [-0.3, -0.25) is 0 Å². The van der Waals surface area contributed by atoms with E-state index in [4.69, 9.17) is 9.72 Å². The van der Waals surface area contributed by atoms with Gasteiger partial charge in [0.05, 0.1) is 31.1 Å². The quantitative estimate of drug-likeness (QED) is 0.275. The Morgan fingerprint density at radius 2 is 1.72 bits per heavy atom. The second-order valence-electron chi connectivity index (χ2n) is 7.93. The van der Waals surface area contributed by atoms with Crippen LogP contribution in [0.4, 0.5) is 0 Å². The van der Waals surface area contributed by atoms with Crippen LogP contribution in [0.25, 0.3) is 10.8 Å². The number of benzene rings is 3. The highest BCUT2D eigenvalue weighted by atomic mass is 32.2. The number of hydrogen-bond donors (Lipinski definition) is 0. The van der Waals surface area contributed by atoms with E-state index < -0.39 is 0 Å². The lowest BCUT2D eigenvalue weighted by Crippen LogP contribution is -2.15. The van der Waals surface area contributed by atoms with Gasteiger partial charge in [-0.2, -0.15) is 0 Å². The molecule has 0 bridgehead atoms. The smallest absolute Gasteiger partial charge is 0.338 e. The zero-order valence-corrected chi connectivity index (χ0v) is 19.4. The van der Waals surface area contributed by atoms with Gasteiger partial charge in [0.25, 0.3) is 0 Å². The summed E-state index contributed by atoms with van der Waals surface area (Å²) >= 11 is 1.64. The molecular formula is C26H27N3O2S. The lowest BCUT2D eigenvalue weighted by molar-refractivity contribution is 0.0600. The molecule has 0 saturated carbocycles. The Hall–Kier alpha value is -3.09. The van der Waals surface area contributed by atoms with Gasteiger partial charge in [0.15, 0.2) is 5.16 Å². The number of ether oxygens (including phenoxy) is 1. The number of fused-ring (bicyclic) bond motifs is 1. The van der Waals surface area contributed by atoms with Crippen molar-refractivity contribution >= 4 is 28.5 Å². The molecule has 5 nitrogen and oxygen atoms in total. The zero-order chi connectivity index (χ0) is 22.5. The van der Waals surface area contributed by atoms with Crippen LogP contribution in [0.5, 0.6) is 0 Å². The topological polar surface area (TPSA) is 47.4 Å². The van der Waals surface area contributed by atoms with E-state index in [1.54, 1.807) is 11.8 Å². The second kappa shape index (κ2) is 10.0. The third-order valence-electron chi connectivity index (χ3n) is 5.37. The minimum atomic E-state index is -0.311. The summed E-state index contributed by atoms with van der Waals surface area (Å²) in [5.41, 5.74) is 3.96. The number of nitrogens with zero attached hydrogens (tertiary/aromatic N) is 3. The summed E-state index contributed by atoms with van der Waals surface area (Å²) in [6.07, 6.45) is 1.96. The maximum absolute atomic E-state index is 12.1. The first kappa shape index (κ1) is 22.1. The number of carbonyl (C=O) groups is 1. The van der Waals surface area contributed by atoms with Gasteiger partial charge >= 0.3 is 5.97 Å². The highest BCUT2D eigenvalue weighted by Crippen LogP contribution is 2.28. The molecule has 0 spiro atoms. The minimum Gasteiger partial charge on any atom is -0.465 e. The summed E-state index contributed by atoms with van der Waals surface area (Å²) in [6.45, 7) is 1.54. The minimum absolute atomic E-state index is 0.311. The van der Waals surface area contributed by atoms with Crippen molar-refractivity contribution in [2.75, 3.05) is 21.2 Å². The van der Waals surface area contributed by atoms with Gasteiger partial charge in [-0.15, -0.1) is 0 Å². The molecule has 0 unspecified atom stereocenters. The van der Waals surface area contributed by atoms with Crippen molar-refractivity contribution in [2.45, 2.75) is 24.0 Å². The van der Waals surface area contributed by atoms with Crippen molar-refractivity contribution in [3.8, 4) is 0 Å². The summed E-state index contributed by atoms with van der Waals surface area (Å²) in [7, 11) is 5.54. The monoisotopic (exact) mass is 445 g/mol. The second-order valence-corrected chi connectivity index (χ2v) is 8.87. The number of imidazole rings is 1. The molecule has 0 saturated heterocycles. The van der Waals surface area contributed by atoms with Crippen molar-refractivity contribution < 1.29 is 9.53 Å². The summed E-state index contributed by atoms with van der Waals surface area (Å²) in [5.74, 6) is 0.327. The number of thioether (sulfide) groups is 1. The molecule has 0 fully saturated rings. The van der Waals surface area contributed by atoms with E-state index in [1.165, 1.54) is 23.4 Å². The number of aromatic nitrogens is 2. The highest BCUT2D eigenvalue weighted by Gasteiger charge is 2.16. The van der Waals surface area contributed by atoms with Crippen LogP contribution in [-0.4, -0.2) is 41.6 Å². The fourth-order valence-corrected chi connectivity index (χ4v) is 4.83. The first-order valence-corrected chi connectivity index (χ1v) is 11.5. The fraction of sp³-hybridized carbons (Fsp3) is 0.231. The van der Waals surface area contributed by atoms with Crippen LogP contribution in [0, 0.1) is 0 Å². The molecule has 4 rings (SSSR count). The molecule has 3 aromatic carbocycles. The highest BCUT2D eigenvalue weighted by molar-refractivity contribution is 7.98. The fourth-order valence-electron chi connectivity index (χ4n) is 3.82. The predicted molar refractivity (Wildman–Crippen MR) is 130 cm³/mol. The Labute approximate surface area is 193 Å². The molecule has 0 radical (unpaired) electrons. The first-order chi connectivity index (χ1) is 15.6. The van der Waals surface area contributed by atoms with Crippen LogP contribution in [0.1, 0.15) is 27.2 Å². The molecule has 0 atom stereocenters. The number of esters is 1. The van der Waals surface area contributed by atoms with E-state index in [0.29, 0.717) is 11.3 Å². The van der Waals surface area contributed by atoms with Gasteiger partial charge in [-0.25, -0.2) is 9.78 Å². The van der Waals surface area contributed by atoms with Crippen LogP contribution in [0.3, 0.4) is 0 Å². The number of hydrogen-bond acceptors (Lipinski definition) is 5. The van der Waals surface area contributed by atoms with Crippen molar-refractivity contribution in [1.29, 1.82) is 0 Å². The van der Waals surface area contributed by atoms with Crippen LogP contribution in [0.15, 0.2) is 78.1 Å². The summed E-state index contributed by atoms with van der Waals surface area (Å²) in [6, 6.07) is 22.5. The van der Waals surface area contributed by atoms with Crippen LogP contribution < -0.4 is 0 Å². The number of methoxy groups -OCH3 is 1. The van der Waals surface area contributed by atoms with Crippen molar-refractivity contribution in [2.24, 2.45) is 0 Å². The molecule has 0 aliphatic heterocycles. The van der Waals surface area contributed by atoms with E-state index in [-0.39, 0.29) is 5.97 Å². The zero-order valence-electron chi connectivity index (χ0n) is 18.6. The van der Waals surface area contributed by atoms with Gasteiger partial charge in [-0.1, -0.05) is 72.4 Å². The molecular weight excluding hydrogens is 418 g/mol. The van der Waals surface area contributed by atoms with Gasteiger partial charge < -0.3 is 14.2 Å². The normalized spacial score (nSPS) is 11.2. The van der Waals surface area contributed by atoms with E-state index in [1.807, 2.05) is 30.5 Å². The van der Waals surface area contributed by atoms with Crippen molar-refractivity contribution in [3.05, 3.63) is 95.3 Å². The van der Waals surface area contributed by atoms with Gasteiger partial charge in [0.2, 0.25) is 0 Å². The van der Waals surface area contributed by atoms with Gasteiger partial charge in [0.1, 0.15) is 0 Å². The molecule has 4 aromatic rings. The van der Waals surface area contributed by atoms with E-state index >= 15 is 0 Å². The molecule has 0 aliphatic rings. The molecule has 164 valence electrons. The maximum atomic E-state index is 12.1. The summed E-state index contributed by atoms with van der Waals surface area (Å²) in [4.78, 5) is 19.0. The molecule has 1 aromatic heterocycles. The Morgan fingerprint density at radius 3 is 2.53 bits per heavy atom. The van der Waals surface area contributed by atoms with Crippen LogP contribution in [-0.2, 0) is 23.6 Å². The average Bonchev–Trinajstić information content (AvgIpc) is 3.18. The molecule has 0 N–H and O–H groups in total. The van der Waals surface area contributed by atoms with E-state index in [0.717, 1.165) is 29.5 Å². The predicted octanol–water partition coefficient (Wildman–Crippen LogP) is 5.23. The lowest BCUT2D eigenvalue weighted by Gasteiger charge is -2.16. The summed E-state index contributed by atoms with van der Waals surface area (Å²) < 4.78 is 7.23. The molecule has 6 heteroatoms. The Kier molecular flexibility index (Phi) is 6.93. The van der Waals surface area contributed by atoms with Crippen LogP contribution >= 0.6 is 11.8 Å². The Morgan fingerprint density at radius 1 is 1.00 bits per heavy atom. The van der Waals surface area contributed by atoms with E-state index in [2.05, 4.69) is 66.0 Å². The van der Waals surface area contributed by atoms with Crippen LogP contribution in [0.2, 0.25) is 0 Å². The first-order valence-electron chi connectivity index (χ1n) is 10.5. The standard InChI is InChI=1S/C26H27N3O2S/c1-28(2)17-22-15-27-26(32-18-21-10-5-7-14-24(21)25(30)31-3)29(22)16-20-12-8-11-19-9-4-6-13-23(19)20/h4-15H,16-18H2,1-3H3.